The summed E-state index contributed by atoms with van der Waals surface area (Å²) in [6, 6.07) is 83.0. The van der Waals surface area contributed by atoms with Gasteiger partial charge in [0, 0.05) is 66.6 Å². The first-order chi connectivity index (χ1) is 35.9. The monoisotopic (exact) mass is 934 g/mol. The van der Waals surface area contributed by atoms with E-state index >= 15 is 0 Å². The molecule has 3 heterocycles. The molecule has 0 N–H and O–H groups in total. The van der Waals surface area contributed by atoms with Crippen molar-refractivity contribution in [3.63, 3.8) is 0 Å². The lowest BCUT2D eigenvalue weighted by Gasteiger charge is -2.12. The molecule has 13 aromatic rings. The van der Waals surface area contributed by atoms with Gasteiger partial charge in [0.2, 0.25) is 0 Å². The molecule has 1 aliphatic rings. The number of benzene rings is 10. The van der Waals surface area contributed by atoms with E-state index in [1.54, 1.807) is 0 Å². The maximum absolute atomic E-state index is 5.25. The molecule has 10 aromatic carbocycles. The Balaban J connectivity index is 0.000000465. The molecule has 73 heavy (non-hydrogen) atoms. The molecule has 4 heteroatoms. The summed E-state index contributed by atoms with van der Waals surface area (Å²) >= 11 is 0. The molecule has 0 spiro atoms. The van der Waals surface area contributed by atoms with E-state index in [0.29, 0.717) is 0 Å². The molecular weight excluding hydrogens is 885 g/mol. The Labute approximate surface area is 425 Å². The van der Waals surface area contributed by atoms with E-state index < -0.39 is 0 Å². The molecule has 0 fully saturated rings. The summed E-state index contributed by atoms with van der Waals surface area (Å²) < 4.78 is 7.36. The van der Waals surface area contributed by atoms with Crippen LogP contribution in [-0.2, 0) is 6.42 Å². The van der Waals surface area contributed by atoms with Crippen LogP contribution in [0.3, 0.4) is 0 Å². The summed E-state index contributed by atoms with van der Waals surface area (Å²) in [6.45, 7) is 8.56. The van der Waals surface area contributed by atoms with Gasteiger partial charge >= 0.3 is 0 Å². The predicted octanol–water partition coefficient (Wildman–Crippen LogP) is 17.5. The number of para-hydroxylation sites is 4. The second-order valence-electron chi connectivity index (χ2n) is 19.1. The highest BCUT2D eigenvalue weighted by atomic mass is 15.0. The van der Waals surface area contributed by atoms with Gasteiger partial charge in [-0.3, -0.25) is 4.99 Å². The van der Waals surface area contributed by atoms with Crippen LogP contribution in [0.5, 0.6) is 0 Å². The fourth-order valence-electron chi connectivity index (χ4n) is 11.5. The molecule has 346 valence electrons. The third-order valence-corrected chi connectivity index (χ3v) is 14.9. The van der Waals surface area contributed by atoms with Crippen molar-refractivity contribution in [2.75, 3.05) is 0 Å². The van der Waals surface area contributed by atoms with Crippen molar-refractivity contribution >= 4 is 76.8 Å². The number of rotatable bonds is 7. The molecule has 14 rings (SSSR count). The quantitative estimate of drug-likeness (QED) is 0.112. The van der Waals surface area contributed by atoms with E-state index in [9.17, 15) is 0 Å². The van der Waals surface area contributed by atoms with Gasteiger partial charge in [-0.1, -0.05) is 176 Å². The molecule has 4 nitrogen and oxygen atoms in total. The first kappa shape index (κ1) is 43.6. The van der Waals surface area contributed by atoms with Crippen LogP contribution in [0.25, 0.3) is 99.3 Å². The summed E-state index contributed by atoms with van der Waals surface area (Å²) in [5.41, 5.74) is 20.9. The first-order valence-electron chi connectivity index (χ1n) is 25.1. The van der Waals surface area contributed by atoms with Gasteiger partial charge in [-0.2, -0.15) is 0 Å². The van der Waals surface area contributed by atoms with Gasteiger partial charge in [-0.05, 0) is 120 Å². The van der Waals surface area contributed by atoms with Crippen molar-refractivity contribution < 1.29 is 0 Å². The lowest BCUT2D eigenvalue weighted by atomic mass is 9.99. The van der Waals surface area contributed by atoms with Crippen LogP contribution in [0, 0.1) is 12.3 Å². The summed E-state index contributed by atoms with van der Waals surface area (Å²) in [4.78, 5) is 5.01. The zero-order chi connectivity index (χ0) is 49.2. The fraction of sp³-hybridized carbons (Fsp3) is 0.0580. The maximum atomic E-state index is 5.25. The molecule has 0 saturated carbocycles. The summed E-state index contributed by atoms with van der Waals surface area (Å²) in [6.07, 6.45) is 6.10. The Morgan fingerprint density at radius 1 is 0.493 bits per heavy atom. The van der Waals surface area contributed by atoms with E-state index in [1.807, 2.05) is 43.3 Å². The smallest absolute Gasteiger partial charge is 0.0641 e. The van der Waals surface area contributed by atoms with Gasteiger partial charge in [0.1, 0.15) is 0 Å². The van der Waals surface area contributed by atoms with Crippen LogP contribution in [0.15, 0.2) is 242 Å². The minimum atomic E-state index is 0.237. The lowest BCUT2D eigenvalue weighted by molar-refractivity contribution is 1.01. The van der Waals surface area contributed by atoms with Gasteiger partial charge < -0.3 is 13.7 Å². The SMILES string of the molecule is C#CC(C)c1ccccc1.C=C(N=C(C)c1ccccc1)c1cccc2c1Cc1ccc(-n3c4ccccc4c4c3ccc3c5ccccc5n(-c5ccc6c(c5)c5ccccc5n6-c5ccccc5)c34)cc1-2. The van der Waals surface area contributed by atoms with E-state index in [1.165, 1.54) is 93.2 Å². The number of terminal acetylenes is 1. The molecule has 0 saturated heterocycles. The minimum Gasteiger partial charge on any atom is -0.309 e. The Morgan fingerprint density at radius 2 is 1.05 bits per heavy atom. The average Bonchev–Trinajstić information content (AvgIpc) is 4.19. The topological polar surface area (TPSA) is 27.1 Å². The molecule has 3 aromatic heterocycles. The highest BCUT2D eigenvalue weighted by molar-refractivity contribution is 6.26. The van der Waals surface area contributed by atoms with E-state index in [0.717, 1.165) is 46.0 Å². The number of fused-ring (bicyclic) bond motifs is 13. The molecule has 0 amide bonds. The summed E-state index contributed by atoms with van der Waals surface area (Å²) in [5, 5.41) is 7.44. The number of hydrogen-bond acceptors (Lipinski definition) is 1. The van der Waals surface area contributed by atoms with E-state index in [2.05, 4.69) is 227 Å². The van der Waals surface area contributed by atoms with Gasteiger partial charge in [-0.25, -0.2) is 0 Å². The Kier molecular flexibility index (Phi) is 10.6. The second-order valence-corrected chi connectivity index (χ2v) is 19.1. The van der Waals surface area contributed by atoms with Crippen LogP contribution in [0.1, 0.15) is 47.6 Å². The highest BCUT2D eigenvalue weighted by Gasteiger charge is 2.25. The lowest BCUT2D eigenvalue weighted by Crippen LogP contribution is -1.97. The second kappa shape index (κ2) is 17.8. The third kappa shape index (κ3) is 7.20. The number of hydrogen-bond donors (Lipinski definition) is 0. The number of nitrogens with zero attached hydrogens (tertiary/aromatic N) is 4. The molecular formula is C69H50N4. The van der Waals surface area contributed by atoms with Crippen LogP contribution in [0.4, 0.5) is 0 Å². The zero-order valence-electron chi connectivity index (χ0n) is 40.8. The van der Waals surface area contributed by atoms with Gasteiger partial charge in [0.05, 0.1) is 38.8 Å². The van der Waals surface area contributed by atoms with Gasteiger partial charge in [0.25, 0.3) is 0 Å². The van der Waals surface area contributed by atoms with Crippen molar-refractivity contribution in [1.82, 2.24) is 13.7 Å². The van der Waals surface area contributed by atoms with Crippen molar-refractivity contribution in [2.45, 2.75) is 26.2 Å². The van der Waals surface area contributed by atoms with Crippen LogP contribution < -0.4 is 0 Å². The standard InChI is InChI=1S/C59H40N4.C10H10/c1-37(39-16-5-3-6-17-39)60-38(2)44-23-15-24-45-50-35-42(29-28-40(50)34-51(44)45)62-55-27-14-11-22-49(55)58-57(62)33-31-48-46-20-9-13-26-54(46)63(59(48)58)43-30-32-56-52(36-43)47-21-10-12-25-53(47)61(56)41-18-7-4-8-19-41;1-3-9(2)10-7-5-4-6-8-10/h3-33,35-36H,2,34H2,1H3;1,4-9H,2H3. The van der Waals surface area contributed by atoms with Gasteiger partial charge in [-0.15, -0.1) is 6.42 Å². The van der Waals surface area contributed by atoms with Crippen molar-refractivity contribution in [2.24, 2.45) is 4.99 Å². The predicted molar refractivity (Wildman–Crippen MR) is 309 cm³/mol. The minimum absolute atomic E-state index is 0.237. The van der Waals surface area contributed by atoms with Crippen LogP contribution in [-0.4, -0.2) is 19.4 Å². The normalized spacial score (nSPS) is 12.5. The van der Waals surface area contributed by atoms with Crippen molar-refractivity contribution in [3.8, 4) is 40.5 Å². The largest absolute Gasteiger partial charge is 0.309 e. The molecule has 1 atom stereocenters. The molecule has 0 aliphatic heterocycles. The Hall–Kier alpha value is -9.43. The van der Waals surface area contributed by atoms with Crippen molar-refractivity contribution in [3.05, 3.63) is 265 Å². The van der Waals surface area contributed by atoms with Crippen LogP contribution >= 0.6 is 0 Å². The van der Waals surface area contributed by atoms with E-state index in [4.69, 9.17) is 11.4 Å². The first-order valence-corrected chi connectivity index (χ1v) is 25.1. The Morgan fingerprint density at radius 3 is 1.78 bits per heavy atom. The van der Waals surface area contributed by atoms with E-state index in [-0.39, 0.29) is 5.92 Å². The average molecular weight is 935 g/mol. The highest BCUT2D eigenvalue weighted by Crippen LogP contribution is 2.45. The fourth-order valence-corrected chi connectivity index (χ4v) is 11.5. The number of aliphatic imine (C=N–C) groups is 1. The summed E-state index contributed by atoms with van der Waals surface area (Å²) in [5.74, 6) is 2.92. The Bertz CT molecular complexity index is 4390. The molecule has 0 bridgehead atoms. The number of aromatic nitrogens is 3. The molecule has 0 radical (unpaired) electrons. The molecule has 1 aliphatic carbocycles. The maximum Gasteiger partial charge on any atom is 0.0641 e. The third-order valence-electron chi connectivity index (χ3n) is 14.9. The summed E-state index contributed by atoms with van der Waals surface area (Å²) in [7, 11) is 0. The van der Waals surface area contributed by atoms with Crippen molar-refractivity contribution in [1.29, 1.82) is 0 Å². The van der Waals surface area contributed by atoms with Gasteiger partial charge in [0.15, 0.2) is 0 Å². The zero-order valence-corrected chi connectivity index (χ0v) is 40.8. The molecule has 1 unspecified atom stereocenters. The van der Waals surface area contributed by atoms with Crippen LogP contribution in [0.2, 0.25) is 0 Å².